The van der Waals surface area contributed by atoms with Gasteiger partial charge in [0.2, 0.25) is 5.91 Å². The average molecular weight is 479 g/mol. The number of nitrogens with one attached hydrogen (secondary N) is 1. The van der Waals surface area contributed by atoms with E-state index >= 15 is 0 Å². The predicted molar refractivity (Wildman–Crippen MR) is 135 cm³/mol. The van der Waals surface area contributed by atoms with Crippen LogP contribution in [-0.2, 0) is 4.79 Å². The standard InChI is InChI=1S/C26H26N2O5S/c1-6-32-24-16(3)25-19(13-18(24)15(2)11-23(29)28-26-27-9-10-34-26)20(14-33-25)17-7-8-21(30-4)22(12-17)31-5/h7-14H,6H2,1-5H3,(H,27,28,29)/b15-11+. The van der Waals surface area contributed by atoms with Crippen LogP contribution in [-0.4, -0.2) is 31.7 Å². The van der Waals surface area contributed by atoms with Gasteiger partial charge in [0.15, 0.2) is 16.6 Å². The third kappa shape index (κ3) is 4.49. The highest BCUT2D eigenvalue weighted by atomic mass is 32.1. The highest BCUT2D eigenvalue weighted by molar-refractivity contribution is 7.13. The van der Waals surface area contributed by atoms with Crippen molar-refractivity contribution >= 4 is 38.9 Å². The molecule has 0 fully saturated rings. The summed E-state index contributed by atoms with van der Waals surface area (Å²) in [6.45, 7) is 6.27. The second kappa shape index (κ2) is 10.0. The zero-order valence-corrected chi connectivity index (χ0v) is 20.5. The van der Waals surface area contributed by atoms with Gasteiger partial charge >= 0.3 is 0 Å². The van der Waals surface area contributed by atoms with Crippen LogP contribution in [0.2, 0.25) is 0 Å². The number of furan rings is 1. The van der Waals surface area contributed by atoms with Gasteiger partial charge in [-0.25, -0.2) is 4.98 Å². The number of anilines is 1. The molecular weight excluding hydrogens is 452 g/mol. The van der Waals surface area contributed by atoms with E-state index in [0.717, 1.165) is 38.8 Å². The van der Waals surface area contributed by atoms with Gasteiger partial charge in [-0.2, -0.15) is 0 Å². The summed E-state index contributed by atoms with van der Waals surface area (Å²) in [5.74, 6) is 1.73. The van der Waals surface area contributed by atoms with Gasteiger partial charge in [-0.15, -0.1) is 11.3 Å². The Kier molecular flexibility index (Phi) is 6.88. The maximum absolute atomic E-state index is 12.6. The largest absolute Gasteiger partial charge is 0.493 e. The molecule has 8 heteroatoms. The first kappa shape index (κ1) is 23.4. The molecule has 4 rings (SSSR count). The monoisotopic (exact) mass is 478 g/mol. The number of hydrogen-bond donors (Lipinski definition) is 1. The number of aromatic nitrogens is 1. The van der Waals surface area contributed by atoms with E-state index in [1.54, 1.807) is 32.8 Å². The summed E-state index contributed by atoms with van der Waals surface area (Å²) >= 11 is 1.37. The van der Waals surface area contributed by atoms with Crippen LogP contribution in [0.25, 0.3) is 27.7 Å². The number of amides is 1. The summed E-state index contributed by atoms with van der Waals surface area (Å²) in [6, 6.07) is 7.74. The van der Waals surface area contributed by atoms with Crippen LogP contribution in [0.15, 0.2) is 52.6 Å². The summed E-state index contributed by atoms with van der Waals surface area (Å²) in [6.07, 6.45) is 4.93. The molecule has 0 aliphatic carbocycles. The summed E-state index contributed by atoms with van der Waals surface area (Å²) in [5.41, 5.74) is 5.02. The van der Waals surface area contributed by atoms with Crippen LogP contribution >= 0.6 is 11.3 Å². The highest BCUT2D eigenvalue weighted by Gasteiger charge is 2.20. The van der Waals surface area contributed by atoms with Crippen LogP contribution in [0.4, 0.5) is 5.13 Å². The van der Waals surface area contributed by atoms with E-state index in [1.165, 1.54) is 11.3 Å². The first-order valence-corrected chi connectivity index (χ1v) is 11.6. The van der Waals surface area contributed by atoms with Crippen molar-refractivity contribution in [2.45, 2.75) is 20.8 Å². The van der Waals surface area contributed by atoms with Crippen LogP contribution in [0.3, 0.4) is 0 Å². The van der Waals surface area contributed by atoms with E-state index in [2.05, 4.69) is 10.3 Å². The minimum atomic E-state index is -0.250. The lowest BCUT2D eigenvalue weighted by atomic mass is 9.96. The Bertz CT molecular complexity index is 1360. The van der Waals surface area contributed by atoms with Gasteiger partial charge in [0, 0.05) is 39.7 Å². The van der Waals surface area contributed by atoms with Gasteiger partial charge in [-0.05, 0) is 50.1 Å². The number of allylic oxidation sites excluding steroid dienone is 1. The predicted octanol–water partition coefficient (Wildman–Crippen LogP) is 6.32. The number of nitrogens with zero attached hydrogens (tertiary/aromatic N) is 1. The summed E-state index contributed by atoms with van der Waals surface area (Å²) in [4.78, 5) is 16.7. The molecule has 0 aliphatic rings. The number of fused-ring (bicyclic) bond motifs is 1. The number of hydrogen-bond acceptors (Lipinski definition) is 7. The van der Waals surface area contributed by atoms with Crippen LogP contribution in [0, 0.1) is 6.92 Å². The molecule has 34 heavy (non-hydrogen) atoms. The minimum absolute atomic E-state index is 0.250. The van der Waals surface area contributed by atoms with E-state index in [0.29, 0.717) is 29.0 Å². The summed E-state index contributed by atoms with van der Waals surface area (Å²) in [5, 5.41) is 6.06. The zero-order valence-electron chi connectivity index (χ0n) is 19.7. The molecule has 2 aromatic carbocycles. The third-order valence-corrected chi connectivity index (χ3v) is 6.15. The van der Waals surface area contributed by atoms with E-state index < -0.39 is 0 Å². The maximum atomic E-state index is 12.6. The average Bonchev–Trinajstić information content (AvgIpc) is 3.50. The van der Waals surface area contributed by atoms with Crippen molar-refractivity contribution in [3.8, 4) is 28.4 Å². The first-order chi connectivity index (χ1) is 16.5. The Labute approximate surface area is 202 Å². The van der Waals surface area contributed by atoms with Crippen molar-refractivity contribution in [1.82, 2.24) is 4.98 Å². The fraction of sp³-hybridized carbons (Fsp3) is 0.231. The van der Waals surface area contributed by atoms with Crippen molar-refractivity contribution < 1.29 is 23.4 Å². The summed E-state index contributed by atoms with van der Waals surface area (Å²) in [7, 11) is 3.21. The second-order valence-electron chi connectivity index (χ2n) is 7.56. The lowest BCUT2D eigenvalue weighted by Gasteiger charge is -2.15. The summed E-state index contributed by atoms with van der Waals surface area (Å²) < 4.78 is 22.8. The normalized spacial score (nSPS) is 11.5. The quantitative estimate of drug-likeness (QED) is 0.298. The molecule has 0 unspecified atom stereocenters. The number of benzene rings is 2. The second-order valence-corrected chi connectivity index (χ2v) is 8.46. The van der Waals surface area contributed by atoms with Crippen LogP contribution in [0.1, 0.15) is 25.0 Å². The molecule has 7 nitrogen and oxygen atoms in total. The van der Waals surface area contributed by atoms with Gasteiger partial charge in [0.25, 0.3) is 0 Å². The van der Waals surface area contributed by atoms with Crippen molar-refractivity contribution in [1.29, 1.82) is 0 Å². The van der Waals surface area contributed by atoms with Crippen molar-refractivity contribution in [2.24, 2.45) is 0 Å². The van der Waals surface area contributed by atoms with Gasteiger partial charge in [0.1, 0.15) is 11.3 Å². The van der Waals surface area contributed by atoms with Crippen molar-refractivity contribution in [3.05, 3.63) is 59.3 Å². The molecule has 1 amide bonds. The Morgan fingerprint density at radius 2 is 2.00 bits per heavy atom. The Balaban J connectivity index is 1.82. The van der Waals surface area contributed by atoms with Crippen molar-refractivity contribution in [2.75, 3.05) is 26.1 Å². The fourth-order valence-corrected chi connectivity index (χ4v) is 4.40. The molecule has 2 heterocycles. The van der Waals surface area contributed by atoms with Crippen LogP contribution in [0.5, 0.6) is 17.2 Å². The Hall–Kier alpha value is -3.78. The highest BCUT2D eigenvalue weighted by Crippen LogP contribution is 2.42. The molecule has 4 aromatic rings. The first-order valence-electron chi connectivity index (χ1n) is 10.8. The number of thiazole rings is 1. The topological polar surface area (TPSA) is 82.8 Å². The SMILES string of the molecule is CCOc1c(/C(C)=C/C(=O)Nc2nccs2)cc2c(-c3ccc(OC)c(OC)c3)coc2c1C. The molecule has 1 N–H and O–H groups in total. The lowest BCUT2D eigenvalue weighted by Crippen LogP contribution is -2.08. The fourth-order valence-electron chi connectivity index (χ4n) is 3.87. The van der Waals surface area contributed by atoms with E-state index in [-0.39, 0.29) is 5.91 Å². The molecule has 0 atom stereocenters. The molecule has 0 spiro atoms. The number of carbonyl (C=O) groups excluding carboxylic acids is 1. The number of carbonyl (C=O) groups is 1. The Morgan fingerprint density at radius 3 is 2.68 bits per heavy atom. The van der Waals surface area contributed by atoms with Crippen molar-refractivity contribution in [3.63, 3.8) is 0 Å². The van der Waals surface area contributed by atoms with Gasteiger partial charge in [-0.1, -0.05) is 6.07 Å². The van der Waals surface area contributed by atoms with Gasteiger partial charge < -0.3 is 18.6 Å². The molecule has 0 saturated heterocycles. The molecule has 0 saturated carbocycles. The number of methoxy groups -OCH3 is 2. The molecule has 0 aliphatic heterocycles. The molecular formula is C26H26N2O5S. The number of aryl methyl sites for hydroxylation is 1. The van der Waals surface area contributed by atoms with E-state index in [9.17, 15) is 4.79 Å². The van der Waals surface area contributed by atoms with Gasteiger partial charge in [-0.3, -0.25) is 10.1 Å². The lowest BCUT2D eigenvalue weighted by molar-refractivity contribution is -0.111. The van der Waals surface area contributed by atoms with Gasteiger partial charge in [0.05, 0.1) is 27.1 Å². The Morgan fingerprint density at radius 1 is 1.21 bits per heavy atom. The maximum Gasteiger partial charge on any atom is 0.250 e. The number of ether oxygens (including phenoxy) is 3. The molecule has 0 radical (unpaired) electrons. The smallest absolute Gasteiger partial charge is 0.250 e. The minimum Gasteiger partial charge on any atom is -0.493 e. The van der Waals surface area contributed by atoms with Crippen LogP contribution < -0.4 is 19.5 Å². The zero-order chi connectivity index (χ0) is 24.2. The van der Waals surface area contributed by atoms with E-state index in [4.69, 9.17) is 18.6 Å². The number of rotatable bonds is 8. The molecule has 0 bridgehead atoms. The molecule has 176 valence electrons. The van der Waals surface area contributed by atoms with E-state index in [1.807, 2.05) is 50.4 Å². The third-order valence-electron chi connectivity index (χ3n) is 5.46. The molecule has 2 aromatic heterocycles.